The number of ether oxygens (including phenoxy) is 1. The third kappa shape index (κ3) is 2.97. The fourth-order valence-electron chi connectivity index (χ4n) is 3.75. The number of para-hydroxylation sites is 1. The van der Waals surface area contributed by atoms with Crippen LogP contribution in [0, 0.1) is 0 Å². The van der Waals surface area contributed by atoms with Gasteiger partial charge in [0.05, 0.1) is 11.6 Å². The lowest BCUT2D eigenvalue weighted by molar-refractivity contribution is 0.327. The molecular weight excluding hydrogens is 345 g/mol. The first kappa shape index (κ1) is 17.4. The molecule has 2 aliphatic heterocycles. The summed E-state index contributed by atoms with van der Waals surface area (Å²) in [6.45, 7) is 2.65. The van der Waals surface area contributed by atoms with Gasteiger partial charge in [-0.25, -0.2) is 0 Å². The van der Waals surface area contributed by atoms with Crippen molar-refractivity contribution < 1.29 is 9.84 Å². The Kier molecular flexibility index (Phi) is 4.95. The highest BCUT2D eigenvalue weighted by Crippen LogP contribution is 2.42. The molecule has 3 nitrogen and oxygen atoms in total. The van der Waals surface area contributed by atoms with E-state index in [-0.39, 0.29) is 24.1 Å². The Bertz CT molecular complexity index is 763. The molecule has 0 unspecified atom stereocenters. The maximum Gasteiger partial charge on any atom is 0.134 e. The summed E-state index contributed by atoms with van der Waals surface area (Å²) < 4.78 is 5.92. The van der Waals surface area contributed by atoms with Gasteiger partial charge < -0.3 is 14.7 Å². The van der Waals surface area contributed by atoms with E-state index >= 15 is 0 Å². The number of benzene rings is 2. The largest absolute Gasteiger partial charge is 0.506 e. The Morgan fingerprint density at radius 3 is 2.83 bits per heavy atom. The van der Waals surface area contributed by atoms with E-state index in [0.29, 0.717) is 5.02 Å². The molecule has 24 heavy (non-hydrogen) atoms. The summed E-state index contributed by atoms with van der Waals surface area (Å²) in [4.78, 5) is 2.34. The molecular formula is C19H21Cl2NO2. The number of phenolic OH excluding ortho intramolecular Hbond substituents is 1. The second-order valence-corrected chi connectivity index (χ2v) is 6.91. The lowest BCUT2D eigenvalue weighted by Gasteiger charge is -2.24. The van der Waals surface area contributed by atoms with Crippen LogP contribution in [0.25, 0.3) is 0 Å². The van der Waals surface area contributed by atoms with Crippen molar-refractivity contribution in [2.75, 3.05) is 26.7 Å². The van der Waals surface area contributed by atoms with Crippen LogP contribution < -0.4 is 4.74 Å². The van der Waals surface area contributed by atoms with E-state index in [1.165, 1.54) is 22.3 Å². The topological polar surface area (TPSA) is 32.7 Å². The molecule has 1 atom stereocenters. The molecule has 0 saturated heterocycles. The molecule has 0 aromatic heterocycles. The van der Waals surface area contributed by atoms with Crippen molar-refractivity contribution in [3.8, 4) is 11.5 Å². The molecule has 0 amide bonds. The average molecular weight is 366 g/mol. The summed E-state index contributed by atoms with van der Waals surface area (Å²) in [7, 11) is 2.14. The van der Waals surface area contributed by atoms with Gasteiger partial charge in [0.2, 0.25) is 0 Å². The van der Waals surface area contributed by atoms with Gasteiger partial charge in [-0.15, -0.1) is 12.4 Å². The average Bonchev–Trinajstić information content (AvgIpc) is 2.96. The summed E-state index contributed by atoms with van der Waals surface area (Å²) in [5.41, 5.74) is 4.89. The number of likely N-dealkylation sites (N-methyl/N-ethyl adjacent to an activating group) is 1. The number of halogens is 2. The Hall–Kier alpha value is -1.42. The van der Waals surface area contributed by atoms with E-state index in [1.54, 1.807) is 0 Å². The minimum atomic E-state index is 0. The van der Waals surface area contributed by atoms with Gasteiger partial charge in [0.15, 0.2) is 0 Å². The molecule has 0 saturated carbocycles. The molecule has 5 heteroatoms. The second kappa shape index (κ2) is 6.83. The molecule has 0 spiro atoms. The second-order valence-electron chi connectivity index (χ2n) is 6.50. The van der Waals surface area contributed by atoms with Crippen molar-refractivity contribution in [1.29, 1.82) is 0 Å². The smallest absolute Gasteiger partial charge is 0.134 e. The fraction of sp³-hybridized carbons (Fsp3) is 0.368. The Morgan fingerprint density at radius 1 is 1.17 bits per heavy atom. The third-order valence-electron chi connectivity index (χ3n) is 4.96. The standard InChI is InChI=1S/C19H20ClNO2.ClH/c1-21-7-5-13-9-17(20)18(22)10-15(13)16(11-21)14-4-2-3-12-6-8-23-19(12)14;/h2-4,9-10,16,22H,5-8,11H2,1H3;1H/t16-;/m0./s1. The lowest BCUT2D eigenvalue weighted by atomic mass is 9.86. The summed E-state index contributed by atoms with van der Waals surface area (Å²) >= 11 is 6.13. The Morgan fingerprint density at radius 2 is 2.00 bits per heavy atom. The molecule has 0 bridgehead atoms. The highest BCUT2D eigenvalue weighted by Gasteiger charge is 2.28. The van der Waals surface area contributed by atoms with Crippen molar-refractivity contribution in [2.45, 2.75) is 18.8 Å². The van der Waals surface area contributed by atoms with Crippen molar-refractivity contribution in [3.05, 3.63) is 57.6 Å². The highest BCUT2D eigenvalue weighted by molar-refractivity contribution is 6.32. The van der Waals surface area contributed by atoms with E-state index in [2.05, 4.69) is 30.1 Å². The number of hydrogen-bond donors (Lipinski definition) is 1. The first-order valence-electron chi connectivity index (χ1n) is 8.08. The first-order valence-corrected chi connectivity index (χ1v) is 8.45. The van der Waals surface area contributed by atoms with E-state index < -0.39 is 0 Å². The maximum absolute atomic E-state index is 10.1. The highest BCUT2D eigenvalue weighted by atomic mass is 35.5. The minimum absolute atomic E-state index is 0. The molecule has 0 fully saturated rings. The Balaban J connectivity index is 0.00000169. The van der Waals surface area contributed by atoms with Gasteiger partial charge >= 0.3 is 0 Å². The van der Waals surface area contributed by atoms with Gasteiger partial charge in [0, 0.05) is 31.0 Å². The van der Waals surface area contributed by atoms with E-state index in [0.717, 1.165) is 38.3 Å². The zero-order valence-electron chi connectivity index (χ0n) is 13.6. The molecule has 0 radical (unpaired) electrons. The van der Waals surface area contributed by atoms with Gasteiger partial charge in [-0.1, -0.05) is 29.8 Å². The summed E-state index contributed by atoms with van der Waals surface area (Å²) in [6.07, 6.45) is 1.92. The third-order valence-corrected chi connectivity index (χ3v) is 5.26. The number of nitrogens with zero attached hydrogens (tertiary/aromatic N) is 1. The minimum Gasteiger partial charge on any atom is -0.506 e. The Labute approximate surface area is 153 Å². The molecule has 1 N–H and O–H groups in total. The van der Waals surface area contributed by atoms with Gasteiger partial charge in [-0.2, -0.15) is 0 Å². The zero-order valence-corrected chi connectivity index (χ0v) is 15.2. The summed E-state index contributed by atoms with van der Waals surface area (Å²) in [5.74, 6) is 1.38. The zero-order chi connectivity index (χ0) is 16.0. The van der Waals surface area contributed by atoms with Crippen LogP contribution in [0.5, 0.6) is 11.5 Å². The lowest BCUT2D eigenvalue weighted by Crippen LogP contribution is -2.24. The van der Waals surface area contributed by atoms with Crippen LogP contribution in [0.3, 0.4) is 0 Å². The normalized spacial score (nSPS) is 19.7. The SMILES string of the molecule is CN1CCc2cc(Cl)c(O)cc2[C@H](c2cccc3c2OCC3)C1.Cl. The van der Waals surface area contributed by atoms with Gasteiger partial charge in [-0.3, -0.25) is 0 Å². The monoisotopic (exact) mass is 365 g/mol. The van der Waals surface area contributed by atoms with Crippen LogP contribution in [-0.2, 0) is 12.8 Å². The van der Waals surface area contributed by atoms with E-state index in [1.807, 2.05) is 12.1 Å². The summed E-state index contributed by atoms with van der Waals surface area (Å²) in [5, 5.41) is 10.5. The maximum atomic E-state index is 10.1. The predicted molar refractivity (Wildman–Crippen MR) is 99.0 cm³/mol. The van der Waals surface area contributed by atoms with Crippen LogP contribution in [0.1, 0.15) is 28.2 Å². The van der Waals surface area contributed by atoms with Crippen molar-refractivity contribution in [1.82, 2.24) is 4.90 Å². The number of hydrogen-bond acceptors (Lipinski definition) is 3. The van der Waals surface area contributed by atoms with Gasteiger partial charge in [0.25, 0.3) is 0 Å². The van der Waals surface area contributed by atoms with Crippen LogP contribution >= 0.6 is 24.0 Å². The quantitative estimate of drug-likeness (QED) is 0.828. The van der Waals surface area contributed by atoms with Crippen LogP contribution in [0.15, 0.2) is 30.3 Å². The van der Waals surface area contributed by atoms with Gasteiger partial charge in [-0.05, 0) is 42.3 Å². The van der Waals surface area contributed by atoms with Crippen LogP contribution in [0.2, 0.25) is 5.02 Å². The number of aromatic hydroxyl groups is 1. The van der Waals surface area contributed by atoms with Crippen molar-refractivity contribution in [2.24, 2.45) is 0 Å². The molecule has 128 valence electrons. The molecule has 2 aliphatic rings. The number of rotatable bonds is 1. The predicted octanol–water partition coefficient (Wildman–Crippen LogP) is 4.02. The van der Waals surface area contributed by atoms with Crippen LogP contribution in [-0.4, -0.2) is 36.8 Å². The van der Waals surface area contributed by atoms with Crippen molar-refractivity contribution in [3.63, 3.8) is 0 Å². The summed E-state index contributed by atoms with van der Waals surface area (Å²) in [6, 6.07) is 10.2. The first-order chi connectivity index (χ1) is 11.1. The van der Waals surface area contributed by atoms with E-state index in [9.17, 15) is 5.11 Å². The van der Waals surface area contributed by atoms with Crippen LogP contribution in [0.4, 0.5) is 0 Å². The van der Waals surface area contributed by atoms with E-state index in [4.69, 9.17) is 16.3 Å². The molecule has 2 aromatic carbocycles. The molecule has 2 heterocycles. The number of phenols is 1. The molecule has 0 aliphatic carbocycles. The van der Waals surface area contributed by atoms with Gasteiger partial charge in [0.1, 0.15) is 11.5 Å². The van der Waals surface area contributed by atoms with Crippen molar-refractivity contribution >= 4 is 24.0 Å². The molecule has 4 rings (SSSR count). The molecule has 2 aromatic rings. The number of fused-ring (bicyclic) bond motifs is 2. The fourth-order valence-corrected chi connectivity index (χ4v) is 3.94.